The molecule has 0 unspecified atom stereocenters. The van der Waals surface area contributed by atoms with Gasteiger partial charge in [-0.1, -0.05) is 12.1 Å². The Bertz CT molecular complexity index is 919. The van der Waals surface area contributed by atoms with E-state index in [0.29, 0.717) is 11.4 Å². The van der Waals surface area contributed by atoms with Crippen LogP contribution in [0.4, 0.5) is 20.2 Å². The summed E-state index contributed by atoms with van der Waals surface area (Å²) in [6, 6.07) is 9.31. The summed E-state index contributed by atoms with van der Waals surface area (Å²) in [7, 11) is 0. The van der Waals surface area contributed by atoms with Crippen LogP contribution >= 0.6 is 0 Å². The van der Waals surface area contributed by atoms with Gasteiger partial charge in [-0.05, 0) is 24.3 Å². The van der Waals surface area contributed by atoms with Crippen LogP contribution in [0.1, 0.15) is 6.42 Å². The lowest BCUT2D eigenvalue weighted by atomic mass is 10.2. The minimum absolute atomic E-state index is 0.0846. The average Bonchev–Trinajstić information content (AvgIpc) is 2.82. The number of nitrogens with zero attached hydrogens (tertiary/aromatic N) is 1. The zero-order valence-corrected chi connectivity index (χ0v) is 14.6. The molecule has 3 rings (SSSR count). The normalized spacial score (nSPS) is 13.2. The van der Waals surface area contributed by atoms with Gasteiger partial charge in [0.1, 0.15) is 23.9 Å². The van der Waals surface area contributed by atoms with Gasteiger partial charge in [-0.3, -0.25) is 19.3 Å². The van der Waals surface area contributed by atoms with Gasteiger partial charge in [-0.2, -0.15) is 0 Å². The number of amides is 2. The lowest BCUT2D eigenvalue weighted by Gasteiger charge is -2.20. The maximum atomic E-state index is 13.5. The number of hydrogen-bond acceptors (Lipinski definition) is 5. The first-order chi connectivity index (χ1) is 13.4. The molecule has 7 nitrogen and oxygen atoms in total. The zero-order valence-electron chi connectivity index (χ0n) is 14.6. The molecule has 0 atom stereocenters. The molecular weight excluding hydrogens is 374 g/mol. The van der Waals surface area contributed by atoms with Gasteiger partial charge in [0, 0.05) is 6.07 Å². The molecule has 0 aliphatic carbocycles. The quantitative estimate of drug-likeness (QED) is 0.792. The molecule has 0 bridgehead atoms. The molecule has 1 N–H and O–H groups in total. The molecule has 1 aliphatic rings. The molecule has 0 aromatic heterocycles. The lowest BCUT2D eigenvalue weighted by Crippen LogP contribution is -2.37. The molecule has 2 amide bonds. The number of rotatable bonds is 5. The second kappa shape index (κ2) is 8.47. The van der Waals surface area contributed by atoms with Crippen molar-refractivity contribution in [3.8, 4) is 5.75 Å². The van der Waals surface area contributed by atoms with Gasteiger partial charge >= 0.3 is 5.97 Å². The number of esters is 1. The van der Waals surface area contributed by atoms with Crippen LogP contribution in [-0.2, 0) is 19.1 Å². The average molecular weight is 390 g/mol. The molecule has 0 saturated carbocycles. The predicted molar refractivity (Wildman–Crippen MR) is 94.9 cm³/mol. The molecule has 0 radical (unpaired) electrons. The number of ether oxygens (including phenoxy) is 2. The number of carbonyl (C=O) groups excluding carboxylic acids is 3. The van der Waals surface area contributed by atoms with Crippen LogP contribution < -0.4 is 15.0 Å². The van der Waals surface area contributed by atoms with Gasteiger partial charge in [0.15, 0.2) is 6.61 Å². The maximum Gasteiger partial charge on any atom is 0.326 e. The van der Waals surface area contributed by atoms with E-state index in [4.69, 9.17) is 9.47 Å². The lowest BCUT2D eigenvalue weighted by molar-refractivity contribution is -0.146. The minimum atomic E-state index is -0.844. The molecular formula is C19H16F2N2O5. The number of carbonyl (C=O) groups is 3. The van der Waals surface area contributed by atoms with Crippen LogP contribution in [0.5, 0.6) is 5.75 Å². The predicted octanol–water partition coefficient (Wildman–Crippen LogP) is 2.26. The van der Waals surface area contributed by atoms with Gasteiger partial charge in [0.2, 0.25) is 5.91 Å². The van der Waals surface area contributed by atoms with Crippen LogP contribution in [0.3, 0.4) is 0 Å². The second-order valence-electron chi connectivity index (χ2n) is 5.88. The summed E-state index contributed by atoms with van der Waals surface area (Å²) < 4.78 is 36.9. The Morgan fingerprint density at radius 3 is 2.79 bits per heavy atom. The van der Waals surface area contributed by atoms with Crippen LogP contribution in [0, 0.1) is 11.6 Å². The molecule has 1 heterocycles. The van der Waals surface area contributed by atoms with Crippen LogP contribution in [0.25, 0.3) is 0 Å². The summed E-state index contributed by atoms with van der Waals surface area (Å²) in [5, 5.41) is 2.11. The first kappa shape index (κ1) is 19.3. The van der Waals surface area contributed by atoms with E-state index in [1.165, 1.54) is 4.90 Å². The molecule has 0 spiro atoms. The van der Waals surface area contributed by atoms with E-state index >= 15 is 0 Å². The standard InChI is InChI=1S/C19H16F2N2O5/c20-12-5-6-13(21)14(9-12)22-17(24)11-28-19(26)10-23-15-3-1-2-4-16(15)27-8-7-18(23)25/h1-6,9H,7-8,10-11H2,(H,22,24). The van der Waals surface area contributed by atoms with Crippen LogP contribution in [0.2, 0.25) is 0 Å². The maximum absolute atomic E-state index is 13.5. The topological polar surface area (TPSA) is 84.9 Å². The van der Waals surface area contributed by atoms with E-state index in [-0.39, 0.29) is 24.6 Å². The third-order valence-corrected chi connectivity index (χ3v) is 3.88. The van der Waals surface area contributed by atoms with E-state index in [2.05, 4.69) is 5.32 Å². The number of para-hydroxylation sites is 2. The van der Waals surface area contributed by atoms with Gasteiger partial charge in [0.25, 0.3) is 5.91 Å². The smallest absolute Gasteiger partial charge is 0.326 e. The Balaban J connectivity index is 1.59. The summed E-state index contributed by atoms with van der Waals surface area (Å²) in [5.74, 6) is -3.10. The third kappa shape index (κ3) is 4.61. The van der Waals surface area contributed by atoms with Crippen molar-refractivity contribution in [3.63, 3.8) is 0 Å². The van der Waals surface area contributed by atoms with Gasteiger partial charge < -0.3 is 14.8 Å². The highest BCUT2D eigenvalue weighted by atomic mass is 19.1. The van der Waals surface area contributed by atoms with Crippen LogP contribution in [-0.4, -0.2) is 37.5 Å². The van der Waals surface area contributed by atoms with Crippen molar-refractivity contribution < 1.29 is 32.6 Å². The second-order valence-corrected chi connectivity index (χ2v) is 5.88. The molecule has 0 fully saturated rings. The van der Waals surface area contributed by atoms with E-state index in [1.54, 1.807) is 24.3 Å². The summed E-state index contributed by atoms with van der Waals surface area (Å²) >= 11 is 0. The van der Waals surface area contributed by atoms with Gasteiger partial charge in [-0.15, -0.1) is 0 Å². The third-order valence-electron chi connectivity index (χ3n) is 3.88. The van der Waals surface area contributed by atoms with Crippen molar-refractivity contribution in [2.75, 3.05) is 30.0 Å². The first-order valence-electron chi connectivity index (χ1n) is 8.37. The fourth-order valence-electron chi connectivity index (χ4n) is 2.59. The highest BCUT2D eigenvalue weighted by Crippen LogP contribution is 2.30. The van der Waals surface area contributed by atoms with E-state index < -0.39 is 36.7 Å². The van der Waals surface area contributed by atoms with Crippen molar-refractivity contribution in [2.45, 2.75) is 6.42 Å². The number of benzene rings is 2. The van der Waals surface area contributed by atoms with E-state index in [9.17, 15) is 23.2 Å². The number of hydrogen-bond donors (Lipinski definition) is 1. The molecule has 0 saturated heterocycles. The molecule has 28 heavy (non-hydrogen) atoms. The molecule has 2 aromatic carbocycles. The highest BCUT2D eigenvalue weighted by Gasteiger charge is 2.25. The molecule has 2 aromatic rings. The summed E-state index contributed by atoms with van der Waals surface area (Å²) in [6.45, 7) is -0.946. The van der Waals surface area contributed by atoms with E-state index in [1.807, 2.05) is 0 Å². The number of nitrogens with one attached hydrogen (secondary N) is 1. The van der Waals surface area contributed by atoms with Crippen molar-refractivity contribution in [1.29, 1.82) is 0 Å². The van der Waals surface area contributed by atoms with Crippen molar-refractivity contribution in [3.05, 3.63) is 54.1 Å². The fraction of sp³-hybridized carbons (Fsp3) is 0.211. The van der Waals surface area contributed by atoms with E-state index in [0.717, 1.165) is 18.2 Å². The number of anilines is 2. The first-order valence-corrected chi connectivity index (χ1v) is 8.37. The minimum Gasteiger partial charge on any atom is -0.491 e. The van der Waals surface area contributed by atoms with Gasteiger partial charge in [0.05, 0.1) is 24.4 Å². The SMILES string of the molecule is O=C(COC(=O)CN1C(=O)CCOc2ccccc21)Nc1cc(F)ccc1F. The van der Waals surface area contributed by atoms with Crippen molar-refractivity contribution in [2.24, 2.45) is 0 Å². The Kier molecular flexibility index (Phi) is 5.83. The Labute approximate surface area is 158 Å². The highest BCUT2D eigenvalue weighted by molar-refractivity contribution is 6.00. The Morgan fingerprint density at radius 2 is 1.96 bits per heavy atom. The summed E-state index contributed by atoms with van der Waals surface area (Å²) in [6.07, 6.45) is 0.0846. The van der Waals surface area contributed by atoms with Crippen LogP contribution in [0.15, 0.2) is 42.5 Å². The summed E-state index contributed by atoms with van der Waals surface area (Å²) in [5.41, 5.74) is 0.0584. The summed E-state index contributed by atoms with van der Waals surface area (Å²) in [4.78, 5) is 37.4. The largest absolute Gasteiger partial charge is 0.491 e. The zero-order chi connectivity index (χ0) is 20.1. The number of halogens is 2. The molecule has 1 aliphatic heterocycles. The van der Waals surface area contributed by atoms with Gasteiger partial charge in [-0.25, -0.2) is 8.78 Å². The van der Waals surface area contributed by atoms with Crippen molar-refractivity contribution in [1.82, 2.24) is 0 Å². The van der Waals surface area contributed by atoms with Crippen molar-refractivity contribution >= 4 is 29.2 Å². The Morgan fingerprint density at radius 1 is 1.18 bits per heavy atom. The fourth-order valence-corrected chi connectivity index (χ4v) is 2.59. The molecule has 9 heteroatoms. The molecule has 146 valence electrons. The number of fused-ring (bicyclic) bond motifs is 1. The monoisotopic (exact) mass is 390 g/mol. The Hall–Kier alpha value is -3.49.